The zero-order valence-electron chi connectivity index (χ0n) is 17.2. The molecule has 0 aliphatic carbocycles. The zero-order valence-corrected chi connectivity index (χ0v) is 18.1. The van der Waals surface area contributed by atoms with Crippen molar-refractivity contribution in [3.63, 3.8) is 0 Å². The summed E-state index contributed by atoms with van der Waals surface area (Å²) in [4.78, 5) is 39.5. The minimum atomic E-state index is -0.555. The van der Waals surface area contributed by atoms with E-state index in [9.17, 15) is 19.7 Å². The Hall–Kier alpha value is -3.20. The number of non-ortho nitro benzene ring substituents is 1. The van der Waals surface area contributed by atoms with Crippen LogP contribution in [0, 0.1) is 10.1 Å². The van der Waals surface area contributed by atoms with Gasteiger partial charge in [0.15, 0.2) is 0 Å². The third kappa shape index (κ3) is 4.46. The molecule has 3 aromatic rings. The van der Waals surface area contributed by atoms with E-state index in [-0.39, 0.29) is 24.0 Å². The van der Waals surface area contributed by atoms with Gasteiger partial charge in [-0.25, -0.2) is 0 Å². The first-order valence-electron chi connectivity index (χ1n) is 10.3. The SMILES string of the molecule is CCCC(NC(=O)Cn1ccc2cc([N+](=O)[O-])ccc21)C(=O)N1CCc2sccc2C1. The van der Waals surface area contributed by atoms with Crippen molar-refractivity contribution in [2.75, 3.05) is 6.54 Å². The average Bonchev–Trinajstić information content (AvgIpc) is 3.39. The number of amides is 2. The van der Waals surface area contributed by atoms with Gasteiger partial charge in [0.05, 0.1) is 4.92 Å². The van der Waals surface area contributed by atoms with Crippen LogP contribution in [0.5, 0.6) is 0 Å². The van der Waals surface area contributed by atoms with Crippen LogP contribution in [0.3, 0.4) is 0 Å². The van der Waals surface area contributed by atoms with Crippen LogP contribution in [-0.4, -0.2) is 38.8 Å². The van der Waals surface area contributed by atoms with E-state index in [0.29, 0.717) is 24.9 Å². The number of hydrogen-bond donors (Lipinski definition) is 1. The Balaban J connectivity index is 1.43. The van der Waals surface area contributed by atoms with Gasteiger partial charge in [-0.2, -0.15) is 0 Å². The van der Waals surface area contributed by atoms with E-state index in [2.05, 4.69) is 16.8 Å². The molecule has 2 amide bonds. The molecule has 1 aliphatic rings. The largest absolute Gasteiger partial charge is 0.343 e. The minimum Gasteiger partial charge on any atom is -0.343 e. The first-order chi connectivity index (χ1) is 15.0. The zero-order chi connectivity index (χ0) is 22.0. The molecule has 2 aromatic heterocycles. The summed E-state index contributed by atoms with van der Waals surface area (Å²) in [6.07, 6.45) is 3.95. The molecule has 0 radical (unpaired) electrons. The van der Waals surface area contributed by atoms with Crippen LogP contribution in [0.4, 0.5) is 5.69 Å². The number of fused-ring (bicyclic) bond motifs is 2. The van der Waals surface area contributed by atoms with Gasteiger partial charge in [-0.1, -0.05) is 13.3 Å². The van der Waals surface area contributed by atoms with Crippen molar-refractivity contribution >= 4 is 39.7 Å². The molecule has 8 nitrogen and oxygen atoms in total. The number of nitrogens with zero attached hydrogens (tertiary/aromatic N) is 3. The predicted octanol–water partition coefficient (Wildman–Crippen LogP) is 3.48. The van der Waals surface area contributed by atoms with Gasteiger partial charge in [-0.3, -0.25) is 19.7 Å². The maximum Gasteiger partial charge on any atom is 0.270 e. The number of aromatic nitrogens is 1. The third-order valence-electron chi connectivity index (χ3n) is 5.61. The smallest absolute Gasteiger partial charge is 0.270 e. The third-order valence-corrected chi connectivity index (χ3v) is 6.63. The number of nitrogens with one attached hydrogen (secondary N) is 1. The summed E-state index contributed by atoms with van der Waals surface area (Å²) in [6.45, 7) is 3.30. The van der Waals surface area contributed by atoms with Crippen LogP contribution in [0.2, 0.25) is 0 Å². The molecule has 0 fully saturated rings. The van der Waals surface area contributed by atoms with Crippen LogP contribution in [0.1, 0.15) is 30.2 Å². The number of rotatable bonds is 7. The van der Waals surface area contributed by atoms with Crippen molar-refractivity contribution in [3.8, 4) is 0 Å². The van der Waals surface area contributed by atoms with Gasteiger partial charge < -0.3 is 14.8 Å². The summed E-state index contributed by atoms with van der Waals surface area (Å²) in [5.74, 6) is -0.295. The van der Waals surface area contributed by atoms with Crippen molar-refractivity contribution in [2.45, 2.75) is 45.3 Å². The standard InChI is InChI=1S/C22H24N4O4S/c1-2-3-18(22(28)25-10-7-20-16(13-25)8-11-31-20)23-21(27)14-24-9-6-15-12-17(26(29)30)4-5-19(15)24/h4-6,8-9,11-12,18H,2-3,7,10,13-14H2,1H3,(H,23,27). The number of thiophene rings is 1. The number of carbonyl (C=O) groups is 2. The lowest BCUT2D eigenvalue weighted by Gasteiger charge is -2.31. The van der Waals surface area contributed by atoms with Crippen molar-refractivity contribution < 1.29 is 14.5 Å². The van der Waals surface area contributed by atoms with Gasteiger partial charge in [0.1, 0.15) is 12.6 Å². The van der Waals surface area contributed by atoms with Crippen LogP contribution in [0.15, 0.2) is 41.9 Å². The molecule has 3 heterocycles. The maximum atomic E-state index is 13.1. The first kappa shape index (κ1) is 21.0. The number of hydrogen-bond acceptors (Lipinski definition) is 5. The van der Waals surface area contributed by atoms with E-state index in [4.69, 9.17) is 0 Å². The lowest BCUT2D eigenvalue weighted by Crippen LogP contribution is -2.50. The highest BCUT2D eigenvalue weighted by molar-refractivity contribution is 7.10. The molecule has 0 saturated carbocycles. The van der Waals surface area contributed by atoms with Gasteiger partial charge in [-0.15, -0.1) is 11.3 Å². The summed E-state index contributed by atoms with van der Waals surface area (Å²) < 4.78 is 1.74. The van der Waals surface area contributed by atoms with Gasteiger partial charge in [0.2, 0.25) is 11.8 Å². The van der Waals surface area contributed by atoms with E-state index >= 15 is 0 Å². The van der Waals surface area contributed by atoms with E-state index in [1.165, 1.54) is 22.6 Å². The Labute approximate surface area is 183 Å². The summed E-state index contributed by atoms with van der Waals surface area (Å²) >= 11 is 1.73. The van der Waals surface area contributed by atoms with Crippen molar-refractivity contribution in [1.82, 2.24) is 14.8 Å². The molecule has 1 aromatic carbocycles. The molecule has 0 bridgehead atoms. The fourth-order valence-electron chi connectivity index (χ4n) is 4.04. The molecule has 1 atom stereocenters. The normalized spacial score (nSPS) is 14.3. The quantitative estimate of drug-likeness (QED) is 0.449. The van der Waals surface area contributed by atoms with E-state index < -0.39 is 11.0 Å². The second-order valence-electron chi connectivity index (χ2n) is 7.73. The first-order valence-corrected chi connectivity index (χ1v) is 11.2. The Bertz CT molecular complexity index is 1140. The monoisotopic (exact) mass is 440 g/mol. The molecule has 1 unspecified atom stereocenters. The van der Waals surface area contributed by atoms with Gasteiger partial charge in [-0.05, 0) is 42.0 Å². The molecular weight excluding hydrogens is 416 g/mol. The van der Waals surface area contributed by atoms with Crippen molar-refractivity contribution in [1.29, 1.82) is 0 Å². The van der Waals surface area contributed by atoms with Crippen LogP contribution < -0.4 is 5.32 Å². The Morgan fingerprint density at radius 1 is 1.29 bits per heavy atom. The fourth-order valence-corrected chi connectivity index (χ4v) is 4.93. The maximum absolute atomic E-state index is 13.1. The molecule has 0 spiro atoms. The number of nitro groups is 1. The highest BCUT2D eigenvalue weighted by Gasteiger charge is 2.28. The van der Waals surface area contributed by atoms with Crippen molar-refractivity contribution in [3.05, 3.63) is 62.5 Å². The highest BCUT2D eigenvalue weighted by Crippen LogP contribution is 2.25. The molecule has 1 N–H and O–H groups in total. The number of carbonyl (C=O) groups excluding carboxylic acids is 2. The summed E-state index contributed by atoms with van der Waals surface area (Å²) in [7, 11) is 0. The average molecular weight is 441 g/mol. The lowest BCUT2D eigenvalue weighted by atomic mass is 10.1. The van der Waals surface area contributed by atoms with Crippen molar-refractivity contribution in [2.24, 2.45) is 0 Å². The van der Waals surface area contributed by atoms with Gasteiger partial charge in [0.25, 0.3) is 5.69 Å². The Morgan fingerprint density at radius 2 is 2.13 bits per heavy atom. The molecule has 162 valence electrons. The molecule has 1 aliphatic heterocycles. The topological polar surface area (TPSA) is 97.5 Å². The van der Waals surface area contributed by atoms with Crippen LogP contribution in [0.25, 0.3) is 10.9 Å². The van der Waals surface area contributed by atoms with Crippen LogP contribution in [-0.2, 0) is 29.1 Å². The molecule has 31 heavy (non-hydrogen) atoms. The lowest BCUT2D eigenvalue weighted by molar-refractivity contribution is -0.384. The number of benzene rings is 1. The molecule has 4 rings (SSSR count). The van der Waals surface area contributed by atoms with Gasteiger partial charge >= 0.3 is 0 Å². The molecular formula is C22H24N4O4S. The summed E-state index contributed by atoms with van der Waals surface area (Å²) in [5.41, 5.74) is 1.94. The van der Waals surface area contributed by atoms with Crippen LogP contribution >= 0.6 is 11.3 Å². The summed E-state index contributed by atoms with van der Waals surface area (Å²) in [5, 5.41) is 16.6. The van der Waals surface area contributed by atoms with E-state index in [1.54, 1.807) is 34.2 Å². The highest BCUT2D eigenvalue weighted by atomic mass is 32.1. The number of nitro benzene ring substituents is 1. The van der Waals surface area contributed by atoms with Gasteiger partial charge in [0, 0.05) is 47.2 Å². The Kier molecular flexibility index (Phi) is 6.03. The Morgan fingerprint density at radius 3 is 2.90 bits per heavy atom. The second-order valence-corrected chi connectivity index (χ2v) is 8.73. The summed E-state index contributed by atoms with van der Waals surface area (Å²) in [6, 6.07) is 7.81. The second kappa shape index (κ2) is 8.89. The fraction of sp³-hybridized carbons (Fsp3) is 0.364. The van der Waals surface area contributed by atoms with E-state index in [1.807, 2.05) is 11.8 Å². The van der Waals surface area contributed by atoms with E-state index in [0.717, 1.165) is 18.4 Å². The molecule has 9 heteroatoms. The predicted molar refractivity (Wildman–Crippen MR) is 119 cm³/mol. The minimum absolute atomic E-state index is 0.0126. The molecule has 0 saturated heterocycles.